The van der Waals surface area contributed by atoms with Crippen LogP contribution in [0.4, 0.5) is 0 Å². The van der Waals surface area contributed by atoms with Gasteiger partial charge in [0.25, 0.3) is 11.8 Å². The van der Waals surface area contributed by atoms with Crippen LogP contribution >= 0.6 is 0 Å². The maximum Gasteiger partial charge on any atom is 0.258 e. The molecular weight excluding hydrogens is 538 g/mol. The zero-order valence-corrected chi connectivity index (χ0v) is 23.6. The van der Waals surface area contributed by atoms with Crippen LogP contribution in [0, 0.1) is 5.92 Å². The molecule has 11 heteroatoms. The summed E-state index contributed by atoms with van der Waals surface area (Å²) in [6, 6.07) is 13.8. The van der Waals surface area contributed by atoms with Crippen LogP contribution < -0.4 is 24.8 Å². The molecule has 2 fully saturated rings. The number of hydrogen-bond donors (Lipinski definition) is 2. The van der Waals surface area contributed by atoms with E-state index in [-0.39, 0.29) is 24.3 Å². The lowest BCUT2D eigenvalue weighted by atomic mass is 10.1. The molecule has 1 saturated heterocycles. The van der Waals surface area contributed by atoms with Crippen molar-refractivity contribution < 1.29 is 28.6 Å². The van der Waals surface area contributed by atoms with Crippen molar-refractivity contribution in [2.45, 2.75) is 44.4 Å². The van der Waals surface area contributed by atoms with Crippen LogP contribution in [0.2, 0.25) is 0 Å². The molecule has 4 heterocycles. The first-order valence-electron chi connectivity index (χ1n) is 14.4. The first kappa shape index (κ1) is 27.6. The molecule has 1 aromatic heterocycles. The highest BCUT2D eigenvalue weighted by Crippen LogP contribution is 2.31. The summed E-state index contributed by atoms with van der Waals surface area (Å²) in [5.74, 6) is 1.37. The quantitative estimate of drug-likeness (QED) is 0.464. The Morgan fingerprint density at radius 3 is 2.67 bits per heavy atom. The highest BCUT2D eigenvalue weighted by atomic mass is 16.5. The third-order valence-corrected chi connectivity index (χ3v) is 7.85. The largest absolute Gasteiger partial charge is 0.493 e. The van der Waals surface area contributed by atoms with E-state index in [1.54, 1.807) is 34.0 Å². The lowest BCUT2D eigenvalue weighted by Crippen LogP contribution is -2.45. The van der Waals surface area contributed by atoms with Crippen LogP contribution in [-0.2, 0) is 29.6 Å². The highest BCUT2D eigenvalue weighted by molar-refractivity contribution is 5.95. The molecule has 2 atom stereocenters. The van der Waals surface area contributed by atoms with Crippen molar-refractivity contribution >= 4 is 17.7 Å². The first-order chi connectivity index (χ1) is 20.4. The average Bonchev–Trinajstić information content (AvgIpc) is 3.61. The van der Waals surface area contributed by atoms with E-state index < -0.39 is 12.1 Å². The van der Waals surface area contributed by atoms with Gasteiger partial charge >= 0.3 is 0 Å². The van der Waals surface area contributed by atoms with E-state index in [2.05, 4.69) is 15.7 Å². The Balaban J connectivity index is 1.23. The van der Waals surface area contributed by atoms with Gasteiger partial charge in [-0.05, 0) is 61.1 Å². The summed E-state index contributed by atoms with van der Waals surface area (Å²) in [4.78, 5) is 41.0. The van der Waals surface area contributed by atoms with Gasteiger partial charge in [0.1, 0.15) is 23.4 Å². The molecule has 7 rings (SSSR count). The SMILES string of the molecule is Cn1nccc1CCC(=O)N1C[C@@H]2NC(=O)c3cc(cc(OCC4CC4)c3)OCC(=O)NCc3ccc(cc3)O[C@H]2C1. The fraction of sp³-hybridized carbons (Fsp3) is 0.419. The number of hydrogen-bond acceptors (Lipinski definition) is 7. The summed E-state index contributed by atoms with van der Waals surface area (Å²) >= 11 is 0. The summed E-state index contributed by atoms with van der Waals surface area (Å²) in [6.07, 6.45) is 4.42. The predicted molar refractivity (Wildman–Crippen MR) is 152 cm³/mol. The van der Waals surface area contributed by atoms with Crippen LogP contribution in [0.3, 0.4) is 0 Å². The molecule has 2 N–H and O–H groups in total. The number of carbonyl (C=O) groups is 3. The Morgan fingerprint density at radius 1 is 1.07 bits per heavy atom. The maximum absolute atomic E-state index is 13.6. The number of likely N-dealkylation sites (tertiary alicyclic amines) is 1. The molecule has 1 saturated carbocycles. The Labute approximate surface area is 244 Å². The molecule has 1 aliphatic carbocycles. The van der Waals surface area contributed by atoms with Gasteiger partial charge in [-0.3, -0.25) is 19.1 Å². The van der Waals surface area contributed by atoms with E-state index >= 15 is 0 Å². The standard InChI is InChI=1S/C31H35N5O6/c1-35-23(10-11-33-35)6-9-30(38)36-16-27-28(17-36)42-24-7-4-20(5-8-24)15-32-29(37)19-41-26-13-22(31(39)34-27)12-25(14-26)40-18-21-2-3-21/h4-5,7-8,10-14,21,27-28H,2-3,6,9,15-19H2,1H3,(H,32,37)(H,34,39)/t27-,28-/m0/s1. The molecule has 4 bridgehead atoms. The number of benzene rings is 2. The summed E-state index contributed by atoms with van der Waals surface area (Å²) < 4.78 is 19.8. The second-order valence-electron chi connectivity index (χ2n) is 11.1. The van der Waals surface area contributed by atoms with Crippen molar-refractivity contribution in [3.63, 3.8) is 0 Å². The Kier molecular flexibility index (Phi) is 7.98. The monoisotopic (exact) mass is 573 g/mol. The number of nitrogens with one attached hydrogen (secondary N) is 2. The third-order valence-electron chi connectivity index (χ3n) is 7.85. The smallest absolute Gasteiger partial charge is 0.258 e. The topological polar surface area (TPSA) is 124 Å². The molecule has 4 aliphatic rings. The number of amides is 3. The Bertz CT molecular complexity index is 1450. The molecule has 220 valence electrons. The van der Waals surface area contributed by atoms with Crippen molar-refractivity contribution in [3.05, 3.63) is 71.5 Å². The minimum atomic E-state index is -0.458. The van der Waals surface area contributed by atoms with Crippen LogP contribution in [0.1, 0.15) is 40.9 Å². The molecule has 0 unspecified atom stereocenters. The molecule has 3 amide bonds. The zero-order chi connectivity index (χ0) is 29.1. The molecule has 3 aromatic rings. The number of aromatic nitrogens is 2. The van der Waals surface area contributed by atoms with E-state index in [0.29, 0.717) is 67.8 Å². The van der Waals surface area contributed by atoms with Crippen molar-refractivity contribution in [2.24, 2.45) is 13.0 Å². The van der Waals surface area contributed by atoms with E-state index in [1.807, 2.05) is 37.4 Å². The van der Waals surface area contributed by atoms with E-state index in [4.69, 9.17) is 14.2 Å². The molecule has 0 spiro atoms. The lowest BCUT2D eigenvalue weighted by Gasteiger charge is -2.21. The van der Waals surface area contributed by atoms with Gasteiger partial charge in [0.2, 0.25) is 5.91 Å². The first-order valence-corrected chi connectivity index (χ1v) is 14.4. The molecule has 42 heavy (non-hydrogen) atoms. The van der Waals surface area contributed by atoms with E-state index in [1.165, 1.54) is 0 Å². The van der Waals surface area contributed by atoms with E-state index in [0.717, 1.165) is 24.1 Å². The van der Waals surface area contributed by atoms with Gasteiger partial charge in [-0.25, -0.2) is 0 Å². The fourth-order valence-electron chi connectivity index (χ4n) is 5.16. The number of rotatable bonds is 6. The van der Waals surface area contributed by atoms with Crippen molar-refractivity contribution in [3.8, 4) is 17.2 Å². The molecule has 3 aliphatic heterocycles. The maximum atomic E-state index is 13.6. The van der Waals surface area contributed by atoms with Crippen LogP contribution in [0.5, 0.6) is 17.2 Å². The zero-order valence-electron chi connectivity index (χ0n) is 23.6. The van der Waals surface area contributed by atoms with Crippen molar-refractivity contribution in [1.82, 2.24) is 25.3 Å². The summed E-state index contributed by atoms with van der Waals surface area (Å²) in [5, 5.41) is 10.1. The molecular formula is C31H35N5O6. The number of fused-ring (bicyclic) bond motifs is 7. The highest BCUT2D eigenvalue weighted by Gasteiger charge is 2.38. The summed E-state index contributed by atoms with van der Waals surface area (Å²) in [6.45, 7) is 1.36. The number of carbonyl (C=O) groups excluding carboxylic acids is 3. The van der Waals surface area contributed by atoms with Gasteiger partial charge in [0.05, 0.1) is 19.2 Å². The number of ether oxygens (including phenoxy) is 3. The summed E-state index contributed by atoms with van der Waals surface area (Å²) in [5.41, 5.74) is 2.22. The minimum absolute atomic E-state index is 0.0130. The summed E-state index contributed by atoms with van der Waals surface area (Å²) in [7, 11) is 1.86. The average molecular weight is 574 g/mol. The van der Waals surface area contributed by atoms with Crippen LogP contribution in [-0.4, -0.2) is 70.9 Å². The van der Waals surface area contributed by atoms with Gasteiger partial charge in [-0.2, -0.15) is 5.10 Å². The van der Waals surface area contributed by atoms with Crippen LogP contribution in [0.15, 0.2) is 54.7 Å². The predicted octanol–water partition coefficient (Wildman–Crippen LogP) is 2.24. The minimum Gasteiger partial charge on any atom is -0.493 e. The fourth-order valence-corrected chi connectivity index (χ4v) is 5.16. The molecule has 11 nitrogen and oxygen atoms in total. The van der Waals surface area contributed by atoms with Crippen molar-refractivity contribution in [2.75, 3.05) is 26.3 Å². The van der Waals surface area contributed by atoms with Gasteiger partial charge in [0.15, 0.2) is 6.61 Å². The lowest BCUT2D eigenvalue weighted by molar-refractivity contribution is -0.130. The van der Waals surface area contributed by atoms with Crippen molar-refractivity contribution in [1.29, 1.82) is 0 Å². The normalized spacial score (nSPS) is 20.5. The van der Waals surface area contributed by atoms with E-state index in [9.17, 15) is 14.4 Å². The van der Waals surface area contributed by atoms with Gasteiger partial charge in [-0.1, -0.05) is 12.1 Å². The second-order valence-corrected chi connectivity index (χ2v) is 11.1. The Morgan fingerprint density at radius 2 is 1.90 bits per heavy atom. The second kappa shape index (κ2) is 12.1. The Hall–Kier alpha value is -4.54. The number of nitrogens with zero attached hydrogens (tertiary/aromatic N) is 3. The van der Waals surface area contributed by atoms with Gasteiger partial charge in [0, 0.05) is 50.1 Å². The van der Waals surface area contributed by atoms with Crippen LogP contribution in [0.25, 0.3) is 0 Å². The number of aryl methyl sites for hydroxylation is 2. The third kappa shape index (κ3) is 6.84. The van der Waals surface area contributed by atoms with Gasteiger partial charge < -0.3 is 29.7 Å². The van der Waals surface area contributed by atoms with Gasteiger partial charge in [-0.15, -0.1) is 0 Å². The molecule has 2 aromatic carbocycles. The molecule has 0 radical (unpaired) electrons.